The van der Waals surface area contributed by atoms with Gasteiger partial charge in [0.2, 0.25) is 5.78 Å². The number of hydrogen-bond donors (Lipinski definition) is 3. The van der Waals surface area contributed by atoms with Crippen LogP contribution in [0.1, 0.15) is 54.7 Å². The molecule has 1 heterocycles. The van der Waals surface area contributed by atoms with Crippen LogP contribution in [-0.2, 0) is 16.0 Å². The van der Waals surface area contributed by atoms with Crippen LogP contribution in [0.3, 0.4) is 0 Å². The van der Waals surface area contributed by atoms with Crippen LogP contribution in [0.5, 0.6) is 17.2 Å². The van der Waals surface area contributed by atoms with Gasteiger partial charge in [-0.15, -0.1) is 0 Å². The van der Waals surface area contributed by atoms with Crippen molar-refractivity contribution in [2.24, 2.45) is 0 Å². The van der Waals surface area contributed by atoms with Gasteiger partial charge < -0.3 is 24.8 Å². The van der Waals surface area contributed by atoms with E-state index in [0.29, 0.717) is 12.1 Å². The van der Waals surface area contributed by atoms with Crippen LogP contribution in [-0.4, -0.2) is 68.8 Å². The summed E-state index contributed by atoms with van der Waals surface area (Å²) in [6.45, 7) is 10.9. The summed E-state index contributed by atoms with van der Waals surface area (Å²) in [6, 6.07) is 8.73. The predicted octanol–water partition coefficient (Wildman–Crippen LogP) is 2.14. The largest absolute Gasteiger partial charge is 0.507 e. The van der Waals surface area contributed by atoms with E-state index < -0.39 is 35.7 Å². The topological polar surface area (TPSA) is 134 Å². The first-order valence-electron chi connectivity index (χ1n) is 11.5. The summed E-state index contributed by atoms with van der Waals surface area (Å²) in [5, 5.41) is 30.3. The number of nitrogens with zero attached hydrogens (tertiary/aromatic N) is 1. The summed E-state index contributed by atoms with van der Waals surface area (Å²) < 4.78 is 10.2. The van der Waals surface area contributed by atoms with Gasteiger partial charge in [0, 0.05) is 35.8 Å². The van der Waals surface area contributed by atoms with E-state index in [0.717, 1.165) is 24.6 Å². The number of aliphatic hydroxyl groups excluding tert-OH is 2. The molecule has 0 aliphatic carbocycles. The lowest BCUT2D eigenvalue weighted by Crippen LogP contribution is -2.43. The van der Waals surface area contributed by atoms with Crippen LogP contribution in [0.25, 0.3) is 0 Å². The number of rotatable bonds is 7. The van der Waals surface area contributed by atoms with Crippen molar-refractivity contribution < 1.29 is 39.2 Å². The molecule has 1 aliphatic rings. The molecule has 0 aromatic heterocycles. The number of aromatic hydroxyl groups is 1. The van der Waals surface area contributed by atoms with Crippen LogP contribution in [0.4, 0.5) is 0 Å². The van der Waals surface area contributed by atoms with Gasteiger partial charge in [-0.05, 0) is 46.6 Å². The van der Waals surface area contributed by atoms with E-state index in [-0.39, 0.29) is 28.2 Å². The minimum Gasteiger partial charge on any atom is -0.507 e. The fraction of sp³-hybridized carbons (Fsp3) is 0.423. The third-order valence-corrected chi connectivity index (χ3v) is 6.08. The Labute approximate surface area is 203 Å². The zero-order valence-electron chi connectivity index (χ0n) is 20.4. The molecule has 0 radical (unpaired) electrons. The molecule has 0 spiro atoms. The van der Waals surface area contributed by atoms with Crippen molar-refractivity contribution in [3.05, 3.63) is 52.6 Å². The van der Waals surface area contributed by atoms with Gasteiger partial charge in [0.05, 0.1) is 0 Å². The number of phenols is 1. The second kappa shape index (κ2) is 10.6. The second-order valence-corrected chi connectivity index (χ2v) is 9.16. The van der Waals surface area contributed by atoms with Gasteiger partial charge in [-0.3, -0.25) is 9.69 Å². The van der Waals surface area contributed by atoms with Crippen molar-refractivity contribution in [3.8, 4) is 17.2 Å². The normalized spacial score (nSPS) is 18.2. The highest BCUT2D eigenvalue weighted by atomic mass is 16.6. The number of hydrogen-bond acceptors (Lipinski definition) is 9. The first-order valence-corrected chi connectivity index (χ1v) is 11.5. The molecule has 2 aromatic carbocycles. The summed E-state index contributed by atoms with van der Waals surface area (Å²) in [5.41, 5.74) is 1.03. The first kappa shape index (κ1) is 26.3. The number of fused-ring (bicyclic) bond motifs is 2. The molecule has 188 valence electrons. The van der Waals surface area contributed by atoms with E-state index in [2.05, 4.69) is 32.6 Å². The number of phenolic OH excluding ortho intramolecular Hbond substituents is 1. The Kier molecular flexibility index (Phi) is 7.94. The van der Waals surface area contributed by atoms with E-state index in [1.165, 1.54) is 6.92 Å². The van der Waals surface area contributed by atoms with Gasteiger partial charge in [0.25, 0.3) is 0 Å². The standard InChI is InChI=1S/C26H31NO8/c1-13(2)27(14(3)4)11-10-16-6-8-17(9-7-16)21(29)20-18(28)12-19-15(5)24(20)35-26(33)23(31)22(30)25(32)34-19/h6-9,12-14,22-23,28,30-31H,10-11H2,1-5H3/t22-,23-/m1/s1. The van der Waals surface area contributed by atoms with Crippen LogP contribution >= 0.6 is 0 Å². The lowest BCUT2D eigenvalue weighted by atomic mass is 9.97. The molecule has 2 atom stereocenters. The summed E-state index contributed by atoms with van der Waals surface area (Å²) in [4.78, 5) is 40.0. The average molecular weight is 486 g/mol. The maximum absolute atomic E-state index is 13.3. The molecule has 2 aromatic rings. The molecule has 2 bridgehead atoms. The zero-order valence-corrected chi connectivity index (χ0v) is 20.4. The Bertz CT molecular complexity index is 1120. The van der Waals surface area contributed by atoms with Crippen molar-refractivity contribution >= 4 is 17.7 Å². The minimum atomic E-state index is -2.23. The lowest BCUT2D eigenvalue weighted by molar-refractivity contribution is -0.161. The number of carbonyl (C=O) groups excluding carboxylic acids is 3. The van der Waals surface area contributed by atoms with Crippen molar-refractivity contribution in [1.29, 1.82) is 0 Å². The fourth-order valence-corrected chi connectivity index (χ4v) is 4.10. The number of aliphatic hydroxyl groups is 2. The Morgan fingerprint density at radius 1 is 0.971 bits per heavy atom. The Hall–Kier alpha value is -3.27. The highest BCUT2D eigenvalue weighted by Crippen LogP contribution is 2.40. The molecule has 0 unspecified atom stereocenters. The molecule has 1 aliphatic heterocycles. The number of esters is 2. The molecule has 0 amide bonds. The fourth-order valence-electron chi connectivity index (χ4n) is 4.10. The molecule has 0 fully saturated rings. The van der Waals surface area contributed by atoms with Gasteiger partial charge in [-0.2, -0.15) is 0 Å². The summed E-state index contributed by atoms with van der Waals surface area (Å²) in [7, 11) is 0. The molecular formula is C26H31NO8. The SMILES string of the molecule is Cc1c2cc(O)c(C(=O)c3ccc(CCN(C(C)C)C(C)C)cc3)c1OC(=O)[C@H](O)[C@@H](O)C(=O)O2. The first-order chi connectivity index (χ1) is 16.4. The van der Waals surface area contributed by atoms with Gasteiger partial charge >= 0.3 is 11.9 Å². The van der Waals surface area contributed by atoms with Gasteiger partial charge in [-0.1, -0.05) is 24.3 Å². The number of carbonyl (C=O) groups is 3. The molecule has 9 nitrogen and oxygen atoms in total. The van der Waals surface area contributed by atoms with E-state index in [1.54, 1.807) is 12.1 Å². The summed E-state index contributed by atoms with van der Waals surface area (Å²) >= 11 is 0. The quantitative estimate of drug-likeness (QED) is 0.306. The van der Waals surface area contributed by atoms with E-state index in [9.17, 15) is 29.7 Å². The number of ketones is 1. The maximum Gasteiger partial charge on any atom is 0.343 e. The third kappa shape index (κ3) is 5.53. The van der Waals surface area contributed by atoms with Crippen LogP contribution in [0.15, 0.2) is 30.3 Å². The Morgan fingerprint density at radius 3 is 2.06 bits per heavy atom. The van der Waals surface area contributed by atoms with Gasteiger partial charge in [-0.25, -0.2) is 9.59 Å². The van der Waals surface area contributed by atoms with Crippen LogP contribution in [0, 0.1) is 6.92 Å². The van der Waals surface area contributed by atoms with E-state index >= 15 is 0 Å². The molecule has 3 rings (SSSR count). The van der Waals surface area contributed by atoms with Crippen molar-refractivity contribution in [1.82, 2.24) is 4.90 Å². The third-order valence-electron chi connectivity index (χ3n) is 6.08. The molecule has 0 saturated carbocycles. The zero-order chi connectivity index (χ0) is 26.0. The van der Waals surface area contributed by atoms with Crippen LogP contribution < -0.4 is 9.47 Å². The molecule has 0 saturated heterocycles. The lowest BCUT2D eigenvalue weighted by Gasteiger charge is -2.30. The predicted molar refractivity (Wildman–Crippen MR) is 127 cm³/mol. The second-order valence-electron chi connectivity index (χ2n) is 9.16. The van der Waals surface area contributed by atoms with Gasteiger partial charge in [0.15, 0.2) is 18.0 Å². The smallest absolute Gasteiger partial charge is 0.343 e. The van der Waals surface area contributed by atoms with Crippen molar-refractivity contribution in [2.75, 3.05) is 6.54 Å². The number of ether oxygens (including phenoxy) is 2. The van der Waals surface area contributed by atoms with Crippen molar-refractivity contribution in [3.63, 3.8) is 0 Å². The Morgan fingerprint density at radius 2 is 1.51 bits per heavy atom. The molecule has 3 N–H and O–H groups in total. The van der Waals surface area contributed by atoms with Gasteiger partial charge in [0.1, 0.15) is 17.1 Å². The maximum atomic E-state index is 13.3. The minimum absolute atomic E-state index is 0.0771. The molecule has 35 heavy (non-hydrogen) atoms. The average Bonchev–Trinajstić information content (AvgIpc) is 2.81. The van der Waals surface area contributed by atoms with E-state index in [1.807, 2.05) is 12.1 Å². The van der Waals surface area contributed by atoms with E-state index in [4.69, 9.17) is 9.47 Å². The highest BCUT2D eigenvalue weighted by Gasteiger charge is 2.38. The van der Waals surface area contributed by atoms with Crippen LogP contribution in [0.2, 0.25) is 0 Å². The monoisotopic (exact) mass is 485 g/mol. The highest BCUT2D eigenvalue weighted by molar-refractivity contribution is 6.13. The summed E-state index contributed by atoms with van der Waals surface area (Å²) in [5.74, 6) is -4.43. The molecular weight excluding hydrogens is 454 g/mol. The Balaban J connectivity index is 1.91. The van der Waals surface area contributed by atoms with Crippen molar-refractivity contribution in [2.45, 2.75) is 65.3 Å². The number of benzene rings is 2. The molecule has 9 heteroatoms. The summed E-state index contributed by atoms with van der Waals surface area (Å²) in [6.07, 6.45) is -3.62.